The van der Waals surface area contributed by atoms with E-state index < -0.39 is 0 Å². The second-order valence-corrected chi connectivity index (χ2v) is 11.0. The Morgan fingerprint density at radius 1 is 0.452 bits per heavy atom. The van der Waals surface area contributed by atoms with E-state index in [1.807, 2.05) is 11.8 Å². The molecule has 2 aromatic rings. The van der Waals surface area contributed by atoms with Gasteiger partial charge in [-0.25, -0.2) is 4.58 Å². The maximum atomic E-state index is 5.87. The molecule has 42 heavy (non-hydrogen) atoms. The van der Waals surface area contributed by atoms with Crippen LogP contribution in [-0.2, 0) is 23.7 Å². The molecule has 0 spiro atoms. The molecule has 0 amide bonds. The summed E-state index contributed by atoms with van der Waals surface area (Å²) in [7, 11) is 0. The van der Waals surface area contributed by atoms with Gasteiger partial charge in [-0.15, -0.1) is 0 Å². The van der Waals surface area contributed by atoms with Gasteiger partial charge in [-0.2, -0.15) is 0 Å². The molecule has 2 aromatic carbocycles. The van der Waals surface area contributed by atoms with Gasteiger partial charge in [0.05, 0.1) is 52.9 Å². The topological polar surface area (TPSA) is 49.2 Å². The highest BCUT2D eigenvalue weighted by molar-refractivity contribution is 8.16. The first-order valence-corrected chi connectivity index (χ1v) is 15.5. The summed E-state index contributed by atoms with van der Waals surface area (Å²) >= 11 is 1.82. The molecule has 3 aliphatic rings. The van der Waals surface area contributed by atoms with Gasteiger partial charge in [-0.05, 0) is 46.6 Å². The summed E-state index contributed by atoms with van der Waals surface area (Å²) < 4.78 is 30.7. The molecule has 0 atom stereocenters. The Kier molecular flexibility index (Phi) is 12.4. The van der Waals surface area contributed by atoms with E-state index in [1.54, 1.807) is 0 Å². The number of benzene rings is 2. The van der Waals surface area contributed by atoms with E-state index in [9.17, 15) is 0 Å². The Labute approximate surface area is 253 Å². The Hall–Kier alpha value is -3.04. The highest BCUT2D eigenvalue weighted by Crippen LogP contribution is 2.44. The molecule has 7 heteroatoms. The van der Waals surface area contributed by atoms with Gasteiger partial charge in [-0.3, -0.25) is 0 Å². The average molecular weight is 587 g/mol. The Balaban J connectivity index is 1.34. The largest absolute Gasteiger partial charge is 0.377 e. The van der Waals surface area contributed by atoms with Gasteiger partial charge in [0.15, 0.2) is 18.8 Å². The average Bonchev–Trinajstić information content (AvgIpc) is 3.05. The Bertz CT molecular complexity index is 1230. The van der Waals surface area contributed by atoms with Crippen LogP contribution in [0.25, 0.3) is 9.81 Å². The predicted octanol–water partition coefficient (Wildman–Crippen LogP) is 5.79. The molecule has 0 saturated carbocycles. The molecular formula is C35H40NO5S+. The highest BCUT2D eigenvalue weighted by Gasteiger charge is 2.18. The first kappa shape index (κ1) is 30.4. The van der Waals surface area contributed by atoms with Crippen LogP contribution in [0, 0.1) is 0 Å². The van der Waals surface area contributed by atoms with Gasteiger partial charge < -0.3 is 23.7 Å². The van der Waals surface area contributed by atoms with E-state index in [4.69, 9.17) is 23.7 Å². The lowest BCUT2D eigenvalue weighted by molar-refractivity contribution is -0.532. The van der Waals surface area contributed by atoms with Crippen molar-refractivity contribution in [1.29, 1.82) is 0 Å². The minimum absolute atomic E-state index is 0.561. The fraction of sp³-hybridized carbons (Fsp3) is 0.343. The Morgan fingerprint density at radius 3 is 1.29 bits per heavy atom. The van der Waals surface area contributed by atoms with E-state index in [0.717, 1.165) is 18.8 Å². The standard InChI is InChI=1S/C35H40NO5S/c1-3-7-30(8-4-1)34-27-32(28-35(42-34)31-9-5-2-6-10-31)29-11-13-33(14-12-29)36-15-17-37-19-21-39-23-25-41-26-24-40-22-20-38-18-16-36/h1-14,27-28H,15-26H2/q+1. The molecule has 6 nitrogen and oxygen atoms in total. The monoisotopic (exact) mass is 586 g/mol. The van der Waals surface area contributed by atoms with Crippen molar-refractivity contribution in [3.8, 4) is 0 Å². The summed E-state index contributed by atoms with van der Waals surface area (Å²) in [5.74, 6) is 0. The number of nitrogens with zero attached hydrogens (tertiary/aromatic N) is 1. The summed E-state index contributed by atoms with van der Waals surface area (Å²) in [5.41, 5.74) is 5.99. The van der Waals surface area contributed by atoms with Gasteiger partial charge in [0, 0.05) is 22.0 Å². The molecule has 2 heterocycles. The lowest BCUT2D eigenvalue weighted by atomic mass is 9.99. The zero-order valence-corrected chi connectivity index (χ0v) is 24.9. The minimum atomic E-state index is 0.561. The fourth-order valence-corrected chi connectivity index (χ4v) is 5.84. The van der Waals surface area contributed by atoms with Crippen molar-refractivity contribution in [2.24, 2.45) is 0 Å². The molecule has 0 N–H and O–H groups in total. The summed E-state index contributed by atoms with van der Waals surface area (Å²) in [5, 5.41) is 0. The van der Waals surface area contributed by atoms with Crippen LogP contribution in [-0.4, -0.2) is 89.4 Å². The second kappa shape index (κ2) is 17.2. The molecule has 0 radical (unpaired) electrons. The molecular weight excluding hydrogens is 546 g/mol. The van der Waals surface area contributed by atoms with Crippen LogP contribution in [0.4, 0.5) is 0 Å². The third-order valence-electron chi connectivity index (χ3n) is 6.97. The van der Waals surface area contributed by atoms with Crippen molar-refractivity contribution in [1.82, 2.24) is 0 Å². The van der Waals surface area contributed by atoms with Crippen LogP contribution >= 0.6 is 11.8 Å². The van der Waals surface area contributed by atoms with Crippen molar-refractivity contribution >= 4 is 27.3 Å². The van der Waals surface area contributed by atoms with Crippen LogP contribution in [0.2, 0.25) is 0 Å². The molecule has 1 aliphatic carbocycles. The minimum Gasteiger partial charge on any atom is -0.377 e. The van der Waals surface area contributed by atoms with Crippen LogP contribution in [0.1, 0.15) is 11.1 Å². The number of thioether (sulfide) groups is 1. The van der Waals surface area contributed by atoms with Crippen molar-refractivity contribution in [2.45, 2.75) is 0 Å². The van der Waals surface area contributed by atoms with Crippen molar-refractivity contribution < 1.29 is 28.3 Å². The van der Waals surface area contributed by atoms with E-state index in [-0.39, 0.29) is 0 Å². The Morgan fingerprint density at radius 2 is 0.857 bits per heavy atom. The maximum absolute atomic E-state index is 5.87. The summed E-state index contributed by atoms with van der Waals surface area (Å²) in [6.07, 6.45) is 13.4. The van der Waals surface area contributed by atoms with Gasteiger partial charge in [0.2, 0.25) is 0 Å². The van der Waals surface area contributed by atoms with Crippen molar-refractivity contribution in [3.63, 3.8) is 0 Å². The molecule has 0 unspecified atom stereocenters. The number of ether oxygens (including phenoxy) is 5. The maximum Gasteiger partial charge on any atom is 0.200 e. The zero-order chi connectivity index (χ0) is 28.7. The summed E-state index contributed by atoms with van der Waals surface area (Å²) in [6.45, 7) is 7.28. The first-order valence-electron chi connectivity index (χ1n) is 14.7. The van der Waals surface area contributed by atoms with Crippen molar-refractivity contribution in [3.05, 3.63) is 119 Å². The molecule has 220 valence electrons. The third kappa shape index (κ3) is 9.49. The number of allylic oxidation sites excluding steroid dienone is 8. The smallest absolute Gasteiger partial charge is 0.200 e. The number of hydrogen-bond acceptors (Lipinski definition) is 6. The normalized spacial score (nSPS) is 20.5. The molecule has 2 aliphatic heterocycles. The molecule has 0 aromatic heterocycles. The predicted molar refractivity (Wildman–Crippen MR) is 171 cm³/mol. The fourth-order valence-electron chi connectivity index (χ4n) is 4.72. The van der Waals surface area contributed by atoms with E-state index in [1.165, 1.54) is 32.1 Å². The first-order chi connectivity index (χ1) is 20.9. The van der Waals surface area contributed by atoms with E-state index >= 15 is 0 Å². The summed E-state index contributed by atoms with van der Waals surface area (Å²) in [4.78, 5) is 2.50. The number of hydrogen-bond donors (Lipinski definition) is 0. The third-order valence-corrected chi connectivity index (χ3v) is 8.12. The van der Waals surface area contributed by atoms with E-state index in [2.05, 4.69) is 102 Å². The van der Waals surface area contributed by atoms with Gasteiger partial charge in [0.25, 0.3) is 0 Å². The van der Waals surface area contributed by atoms with Gasteiger partial charge >= 0.3 is 0 Å². The van der Waals surface area contributed by atoms with Crippen LogP contribution in [0.15, 0.2) is 108 Å². The SMILES string of the molecule is C1=CC(=[N+]2CCOCCOCCOCCOCCOCC2)C=CC1=C1C=C(c2ccccc2)SC(c2ccccc2)=C1. The lowest BCUT2D eigenvalue weighted by Crippen LogP contribution is -2.28. The molecule has 5 rings (SSSR count). The zero-order valence-electron chi connectivity index (χ0n) is 24.1. The lowest BCUT2D eigenvalue weighted by Gasteiger charge is -2.19. The quantitative estimate of drug-likeness (QED) is 0.416. The van der Waals surface area contributed by atoms with Crippen LogP contribution in [0.3, 0.4) is 0 Å². The van der Waals surface area contributed by atoms with Crippen molar-refractivity contribution in [2.75, 3.05) is 79.2 Å². The number of rotatable bonds is 2. The van der Waals surface area contributed by atoms with E-state index in [0.29, 0.717) is 66.1 Å². The molecule has 1 saturated heterocycles. The van der Waals surface area contributed by atoms with Gasteiger partial charge in [0.1, 0.15) is 13.2 Å². The second-order valence-electron chi connectivity index (χ2n) is 9.90. The molecule has 1 fully saturated rings. The van der Waals surface area contributed by atoms with Crippen LogP contribution < -0.4 is 0 Å². The van der Waals surface area contributed by atoms with Crippen LogP contribution in [0.5, 0.6) is 0 Å². The van der Waals surface area contributed by atoms with Gasteiger partial charge in [-0.1, -0.05) is 72.4 Å². The highest BCUT2D eigenvalue weighted by atomic mass is 32.2. The molecule has 0 bridgehead atoms. The summed E-state index contributed by atoms with van der Waals surface area (Å²) in [6, 6.07) is 21.2.